The van der Waals surface area contributed by atoms with E-state index in [0.717, 1.165) is 22.3 Å². The van der Waals surface area contributed by atoms with E-state index in [9.17, 15) is 4.79 Å². The zero-order valence-corrected chi connectivity index (χ0v) is 8.76. The molecule has 0 saturated heterocycles. The first-order valence-electron chi connectivity index (χ1n) is 4.32. The molecule has 0 aliphatic heterocycles. The van der Waals surface area contributed by atoms with Gasteiger partial charge < -0.3 is 5.11 Å². The van der Waals surface area contributed by atoms with Crippen LogP contribution < -0.4 is 0 Å². The van der Waals surface area contributed by atoms with Gasteiger partial charge >= 0.3 is 5.97 Å². The zero-order chi connectivity index (χ0) is 10.3. The highest BCUT2D eigenvalue weighted by molar-refractivity contribution is 7.20. The molecule has 0 radical (unpaired) electrons. The monoisotopic (exact) mass is 210 g/mol. The number of hydrogen-bond donors (Lipinski definition) is 1. The van der Waals surface area contributed by atoms with Gasteiger partial charge in [0.1, 0.15) is 9.71 Å². The molecule has 4 nitrogen and oxygen atoms in total. The molecular formula is C9H10N2O2S. The number of carbonyl (C=O) groups is 1. The lowest BCUT2D eigenvalue weighted by Crippen LogP contribution is -1.93. The number of aromatic carboxylic acids is 1. The Morgan fingerprint density at radius 2 is 2.43 bits per heavy atom. The first-order valence-corrected chi connectivity index (χ1v) is 5.13. The fourth-order valence-corrected chi connectivity index (χ4v) is 2.41. The van der Waals surface area contributed by atoms with Crippen molar-refractivity contribution in [3.63, 3.8) is 0 Å². The Bertz CT molecular complexity index is 498. The summed E-state index contributed by atoms with van der Waals surface area (Å²) in [6, 6.07) is 1.70. The lowest BCUT2D eigenvalue weighted by Gasteiger charge is -1.88. The second-order valence-corrected chi connectivity index (χ2v) is 4.09. The molecule has 0 fully saturated rings. The molecule has 1 N–H and O–H groups in total. The average Bonchev–Trinajstić information content (AvgIpc) is 2.66. The van der Waals surface area contributed by atoms with Crippen molar-refractivity contribution in [3.05, 3.63) is 16.6 Å². The number of hydrogen-bond acceptors (Lipinski definition) is 3. The fraction of sp³-hybridized carbons (Fsp3) is 0.333. The normalized spacial score (nSPS) is 11.0. The molecule has 0 aliphatic rings. The molecule has 0 unspecified atom stereocenters. The van der Waals surface area contributed by atoms with Crippen molar-refractivity contribution in [2.24, 2.45) is 7.05 Å². The van der Waals surface area contributed by atoms with E-state index in [1.807, 2.05) is 14.0 Å². The van der Waals surface area contributed by atoms with Gasteiger partial charge in [-0.1, -0.05) is 6.92 Å². The summed E-state index contributed by atoms with van der Waals surface area (Å²) in [6.07, 6.45) is 0.827. The first-order chi connectivity index (χ1) is 6.63. The SMILES string of the molecule is CCc1nn(C)c2sc(C(=O)O)cc12. The Hall–Kier alpha value is -1.36. The number of thiophene rings is 1. The van der Waals surface area contributed by atoms with Gasteiger partial charge in [-0.2, -0.15) is 5.10 Å². The van der Waals surface area contributed by atoms with E-state index in [0.29, 0.717) is 4.88 Å². The van der Waals surface area contributed by atoms with Crippen LogP contribution in [0.15, 0.2) is 6.07 Å². The van der Waals surface area contributed by atoms with Crippen molar-refractivity contribution >= 4 is 27.5 Å². The summed E-state index contributed by atoms with van der Waals surface area (Å²) in [6.45, 7) is 2.01. The molecule has 5 heteroatoms. The Morgan fingerprint density at radius 3 is 3.00 bits per heavy atom. The standard InChI is InChI=1S/C9H10N2O2S/c1-3-6-5-4-7(9(12)13)14-8(5)11(2)10-6/h4H,3H2,1-2H3,(H,12,13). The molecule has 0 aromatic carbocycles. The average molecular weight is 210 g/mol. The summed E-state index contributed by atoms with van der Waals surface area (Å²) in [7, 11) is 1.84. The highest BCUT2D eigenvalue weighted by atomic mass is 32.1. The molecule has 0 aliphatic carbocycles. The summed E-state index contributed by atoms with van der Waals surface area (Å²) in [4.78, 5) is 12.1. The van der Waals surface area contributed by atoms with Crippen molar-refractivity contribution in [3.8, 4) is 0 Å². The maximum Gasteiger partial charge on any atom is 0.345 e. The number of carboxylic acids is 1. The van der Waals surface area contributed by atoms with Crippen LogP contribution in [0.2, 0.25) is 0 Å². The Balaban J connectivity index is 2.70. The van der Waals surface area contributed by atoms with E-state index in [2.05, 4.69) is 5.10 Å². The molecule has 2 aromatic rings. The molecular weight excluding hydrogens is 200 g/mol. The van der Waals surface area contributed by atoms with Crippen molar-refractivity contribution in [2.75, 3.05) is 0 Å². The van der Waals surface area contributed by atoms with Gasteiger partial charge in [-0.05, 0) is 12.5 Å². The smallest absolute Gasteiger partial charge is 0.345 e. The molecule has 14 heavy (non-hydrogen) atoms. The summed E-state index contributed by atoms with van der Waals surface area (Å²) in [5.74, 6) is -0.867. The van der Waals surface area contributed by atoms with Crippen LogP contribution >= 0.6 is 11.3 Å². The Labute approximate surface area is 84.8 Å². The molecule has 2 aromatic heterocycles. The minimum Gasteiger partial charge on any atom is -0.477 e. The molecule has 0 amide bonds. The van der Waals surface area contributed by atoms with Crippen LogP contribution in [0.25, 0.3) is 10.2 Å². The summed E-state index contributed by atoms with van der Waals surface area (Å²) < 4.78 is 1.74. The van der Waals surface area contributed by atoms with Crippen LogP contribution in [-0.4, -0.2) is 20.9 Å². The van der Waals surface area contributed by atoms with Crippen molar-refractivity contribution in [1.29, 1.82) is 0 Å². The third kappa shape index (κ3) is 1.21. The largest absolute Gasteiger partial charge is 0.477 e. The van der Waals surface area contributed by atoms with E-state index < -0.39 is 5.97 Å². The lowest BCUT2D eigenvalue weighted by molar-refractivity contribution is 0.0702. The van der Waals surface area contributed by atoms with Gasteiger partial charge in [-0.25, -0.2) is 4.79 Å². The van der Waals surface area contributed by atoms with Gasteiger partial charge in [0.25, 0.3) is 0 Å². The van der Waals surface area contributed by atoms with E-state index in [-0.39, 0.29) is 0 Å². The van der Waals surface area contributed by atoms with Crippen LogP contribution in [-0.2, 0) is 13.5 Å². The van der Waals surface area contributed by atoms with Crippen LogP contribution in [0.3, 0.4) is 0 Å². The number of nitrogens with zero attached hydrogens (tertiary/aromatic N) is 2. The molecule has 0 bridgehead atoms. The van der Waals surface area contributed by atoms with E-state index >= 15 is 0 Å². The number of aromatic nitrogens is 2. The third-order valence-corrected chi connectivity index (χ3v) is 3.32. The summed E-state index contributed by atoms with van der Waals surface area (Å²) in [5.41, 5.74) is 0.964. The van der Waals surface area contributed by atoms with Gasteiger partial charge in [-0.15, -0.1) is 11.3 Å². The highest BCUT2D eigenvalue weighted by Gasteiger charge is 2.14. The van der Waals surface area contributed by atoms with Gasteiger partial charge in [0.05, 0.1) is 5.69 Å². The van der Waals surface area contributed by atoms with Gasteiger partial charge in [-0.3, -0.25) is 4.68 Å². The van der Waals surface area contributed by atoms with Gasteiger partial charge in [0, 0.05) is 12.4 Å². The number of fused-ring (bicyclic) bond motifs is 1. The minimum absolute atomic E-state index is 0.378. The second-order valence-electron chi connectivity index (χ2n) is 3.06. The van der Waals surface area contributed by atoms with E-state index in [1.54, 1.807) is 10.7 Å². The van der Waals surface area contributed by atoms with Crippen LogP contribution in [0.1, 0.15) is 22.3 Å². The van der Waals surface area contributed by atoms with E-state index in [4.69, 9.17) is 5.11 Å². The van der Waals surface area contributed by atoms with Crippen LogP contribution in [0, 0.1) is 0 Å². The topological polar surface area (TPSA) is 55.1 Å². The first kappa shape index (κ1) is 9.21. The Morgan fingerprint density at radius 1 is 1.71 bits per heavy atom. The number of aryl methyl sites for hydroxylation is 2. The summed E-state index contributed by atoms with van der Waals surface area (Å²) >= 11 is 1.27. The van der Waals surface area contributed by atoms with Crippen molar-refractivity contribution in [1.82, 2.24) is 9.78 Å². The number of carboxylic acid groups (broad SMARTS) is 1. The molecule has 0 spiro atoms. The number of rotatable bonds is 2. The molecule has 0 saturated carbocycles. The minimum atomic E-state index is -0.867. The van der Waals surface area contributed by atoms with Crippen LogP contribution in [0.5, 0.6) is 0 Å². The third-order valence-electron chi connectivity index (χ3n) is 2.13. The lowest BCUT2D eigenvalue weighted by atomic mass is 10.2. The molecule has 74 valence electrons. The molecule has 2 heterocycles. The second kappa shape index (κ2) is 3.09. The fourth-order valence-electron chi connectivity index (χ4n) is 1.48. The summed E-state index contributed by atoms with van der Waals surface area (Å²) in [5, 5.41) is 14.1. The maximum atomic E-state index is 10.8. The quantitative estimate of drug-likeness (QED) is 0.823. The van der Waals surface area contributed by atoms with Crippen molar-refractivity contribution in [2.45, 2.75) is 13.3 Å². The van der Waals surface area contributed by atoms with Crippen molar-refractivity contribution < 1.29 is 9.90 Å². The van der Waals surface area contributed by atoms with Gasteiger partial charge in [0.2, 0.25) is 0 Å². The molecule has 0 atom stereocenters. The predicted octanol–water partition coefficient (Wildman–Crippen LogP) is 1.90. The Kier molecular flexibility index (Phi) is 2.03. The maximum absolute atomic E-state index is 10.8. The van der Waals surface area contributed by atoms with E-state index in [1.165, 1.54) is 11.3 Å². The highest BCUT2D eigenvalue weighted by Crippen LogP contribution is 2.28. The van der Waals surface area contributed by atoms with Gasteiger partial charge in [0.15, 0.2) is 0 Å². The molecule has 2 rings (SSSR count). The predicted molar refractivity (Wildman–Crippen MR) is 54.9 cm³/mol. The van der Waals surface area contributed by atoms with Crippen LogP contribution in [0.4, 0.5) is 0 Å². The zero-order valence-electron chi connectivity index (χ0n) is 7.94.